The van der Waals surface area contributed by atoms with Gasteiger partial charge >= 0.3 is 17.9 Å². The molecule has 0 aliphatic rings. The van der Waals surface area contributed by atoms with Crippen molar-refractivity contribution in [2.45, 2.75) is 309 Å². The highest BCUT2D eigenvalue weighted by Crippen LogP contribution is 2.16. The summed E-state index contributed by atoms with van der Waals surface area (Å²) in [6.07, 6.45) is 92.1. The Balaban J connectivity index is 4.43. The number of allylic oxidation sites excluding steroid dienone is 20. The van der Waals surface area contributed by atoms with E-state index in [1.165, 1.54) is 135 Å². The molecule has 0 aromatic rings. The Morgan fingerprint density at radius 3 is 0.823 bits per heavy atom. The monoisotopic (exact) mass is 1090 g/mol. The van der Waals surface area contributed by atoms with E-state index in [4.69, 9.17) is 14.2 Å². The van der Waals surface area contributed by atoms with E-state index in [0.717, 1.165) is 122 Å². The lowest BCUT2D eigenvalue weighted by Gasteiger charge is -2.18. The number of carbonyl (C=O) groups excluding carboxylic acids is 3. The van der Waals surface area contributed by atoms with E-state index in [1.807, 2.05) is 0 Å². The number of rotatable bonds is 59. The van der Waals surface area contributed by atoms with Crippen LogP contribution in [-0.2, 0) is 28.6 Å². The van der Waals surface area contributed by atoms with E-state index in [1.54, 1.807) is 0 Å². The fraction of sp³-hybridized carbons (Fsp3) is 0.685. The van der Waals surface area contributed by atoms with Crippen molar-refractivity contribution in [2.75, 3.05) is 13.2 Å². The minimum atomic E-state index is -0.812. The van der Waals surface area contributed by atoms with Crippen molar-refractivity contribution in [3.63, 3.8) is 0 Å². The van der Waals surface area contributed by atoms with E-state index in [9.17, 15) is 14.4 Å². The molecular formula is C73H122O6. The smallest absolute Gasteiger partial charge is 0.306 e. The second-order valence-corrected chi connectivity index (χ2v) is 21.6. The van der Waals surface area contributed by atoms with Gasteiger partial charge in [-0.1, -0.05) is 271 Å². The minimum absolute atomic E-state index is 0.102. The summed E-state index contributed by atoms with van der Waals surface area (Å²) in [5.41, 5.74) is 0. The molecule has 0 rings (SSSR count). The van der Waals surface area contributed by atoms with Crippen molar-refractivity contribution in [3.05, 3.63) is 122 Å². The SMILES string of the molecule is CC/C=C\C/C=C\C/C=C\C/C=C\C/C=C\C/C=C\CCCCC(=O)OC(COC(=O)CCCCCCC/C=C\C/C=C\CCCCC)COC(=O)CCCCCCCCCCCCCCC/C=C\C/C=C\CCCCCCC. The van der Waals surface area contributed by atoms with E-state index < -0.39 is 6.10 Å². The molecule has 0 heterocycles. The third-order valence-electron chi connectivity index (χ3n) is 13.9. The summed E-state index contributed by atoms with van der Waals surface area (Å²) in [6.45, 7) is 6.46. The number of ether oxygens (including phenoxy) is 3. The van der Waals surface area contributed by atoms with Crippen molar-refractivity contribution in [1.82, 2.24) is 0 Å². The average Bonchev–Trinajstić information content (AvgIpc) is 3.45. The highest BCUT2D eigenvalue weighted by atomic mass is 16.6. The molecule has 1 atom stereocenters. The molecule has 0 radical (unpaired) electrons. The summed E-state index contributed by atoms with van der Waals surface area (Å²) in [5, 5.41) is 0. The molecule has 0 aromatic carbocycles. The lowest BCUT2D eigenvalue weighted by Crippen LogP contribution is -2.30. The number of esters is 3. The summed E-state index contributed by atoms with van der Waals surface area (Å²) in [4.78, 5) is 38.4. The lowest BCUT2D eigenvalue weighted by molar-refractivity contribution is -0.167. The van der Waals surface area contributed by atoms with Gasteiger partial charge in [-0.25, -0.2) is 0 Å². The Bertz CT molecular complexity index is 1640. The Morgan fingerprint density at radius 2 is 0.494 bits per heavy atom. The zero-order valence-corrected chi connectivity index (χ0v) is 51.6. The van der Waals surface area contributed by atoms with Gasteiger partial charge in [0.15, 0.2) is 6.10 Å². The van der Waals surface area contributed by atoms with Gasteiger partial charge in [0.2, 0.25) is 0 Å². The number of hydrogen-bond acceptors (Lipinski definition) is 6. The van der Waals surface area contributed by atoms with Crippen LogP contribution in [0.4, 0.5) is 0 Å². The van der Waals surface area contributed by atoms with Crippen molar-refractivity contribution in [1.29, 1.82) is 0 Å². The molecule has 0 spiro atoms. The first-order valence-corrected chi connectivity index (χ1v) is 33.0. The van der Waals surface area contributed by atoms with Crippen LogP contribution in [0, 0.1) is 0 Å². The van der Waals surface area contributed by atoms with Crippen molar-refractivity contribution in [2.24, 2.45) is 0 Å². The van der Waals surface area contributed by atoms with Crippen LogP contribution in [0.5, 0.6) is 0 Å². The highest BCUT2D eigenvalue weighted by molar-refractivity contribution is 5.71. The maximum absolute atomic E-state index is 12.9. The van der Waals surface area contributed by atoms with Crippen LogP contribution in [0.3, 0.4) is 0 Å². The third kappa shape index (κ3) is 64.5. The largest absolute Gasteiger partial charge is 0.462 e. The second-order valence-electron chi connectivity index (χ2n) is 21.6. The molecule has 0 amide bonds. The highest BCUT2D eigenvalue weighted by Gasteiger charge is 2.19. The van der Waals surface area contributed by atoms with E-state index in [2.05, 4.69) is 142 Å². The van der Waals surface area contributed by atoms with Gasteiger partial charge in [0.1, 0.15) is 13.2 Å². The van der Waals surface area contributed by atoms with Crippen LogP contribution in [0.25, 0.3) is 0 Å². The van der Waals surface area contributed by atoms with Gasteiger partial charge in [0.25, 0.3) is 0 Å². The Morgan fingerprint density at radius 1 is 0.266 bits per heavy atom. The topological polar surface area (TPSA) is 78.9 Å². The average molecular weight is 1100 g/mol. The van der Waals surface area contributed by atoms with Gasteiger partial charge in [0, 0.05) is 19.3 Å². The molecule has 0 saturated carbocycles. The quantitative estimate of drug-likeness (QED) is 0.0261. The first-order chi connectivity index (χ1) is 39.0. The van der Waals surface area contributed by atoms with Crippen molar-refractivity contribution >= 4 is 17.9 Å². The minimum Gasteiger partial charge on any atom is -0.462 e. The van der Waals surface area contributed by atoms with Crippen LogP contribution in [-0.4, -0.2) is 37.2 Å². The molecule has 0 bridgehead atoms. The summed E-state index contributed by atoms with van der Waals surface area (Å²) >= 11 is 0. The predicted molar refractivity (Wildman–Crippen MR) is 343 cm³/mol. The molecule has 0 fully saturated rings. The normalized spacial score (nSPS) is 12.9. The first-order valence-electron chi connectivity index (χ1n) is 33.0. The maximum Gasteiger partial charge on any atom is 0.306 e. The molecule has 0 aliphatic heterocycles. The van der Waals surface area contributed by atoms with Gasteiger partial charge in [-0.2, -0.15) is 0 Å². The van der Waals surface area contributed by atoms with E-state index >= 15 is 0 Å². The number of unbranched alkanes of at least 4 members (excludes halogenated alkanes) is 28. The zero-order valence-electron chi connectivity index (χ0n) is 51.6. The van der Waals surface area contributed by atoms with Crippen LogP contribution in [0.15, 0.2) is 122 Å². The maximum atomic E-state index is 12.9. The molecule has 1 unspecified atom stereocenters. The van der Waals surface area contributed by atoms with Crippen LogP contribution >= 0.6 is 0 Å². The molecule has 79 heavy (non-hydrogen) atoms. The Kier molecular flexibility index (Phi) is 62.8. The number of carbonyl (C=O) groups is 3. The van der Waals surface area contributed by atoms with Crippen LogP contribution in [0.2, 0.25) is 0 Å². The molecule has 0 aromatic heterocycles. The summed E-state index contributed by atoms with van der Waals surface area (Å²) in [5.74, 6) is -0.955. The molecule has 6 nitrogen and oxygen atoms in total. The van der Waals surface area contributed by atoms with Gasteiger partial charge in [-0.05, 0) is 135 Å². The lowest BCUT2D eigenvalue weighted by atomic mass is 10.0. The second kappa shape index (κ2) is 66.3. The summed E-state index contributed by atoms with van der Waals surface area (Å²) in [7, 11) is 0. The molecule has 0 saturated heterocycles. The van der Waals surface area contributed by atoms with Crippen molar-refractivity contribution in [3.8, 4) is 0 Å². The summed E-state index contributed by atoms with van der Waals surface area (Å²) in [6, 6.07) is 0. The number of hydrogen-bond donors (Lipinski definition) is 0. The van der Waals surface area contributed by atoms with Gasteiger partial charge in [-0.3, -0.25) is 14.4 Å². The van der Waals surface area contributed by atoms with Crippen molar-refractivity contribution < 1.29 is 28.6 Å². The van der Waals surface area contributed by atoms with Crippen LogP contribution < -0.4 is 0 Å². The van der Waals surface area contributed by atoms with E-state index in [0.29, 0.717) is 19.3 Å². The fourth-order valence-electron chi connectivity index (χ4n) is 8.98. The Hall–Kier alpha value is -4.19. The fourth-order valence-corrected chi connectivity index (χ4v) is 8.98. The first kappa shape index (κ1) is 74.8. The Labute approximate surface area is 488 Å². The standard InChI is InChI=1S/C73H122O6/c1-4-7-10-13-16-19-22-25-28-30-32-34-35-36-37-39-40-42-45-48-51-54-57-60-63-66-72(75)78-69-70(68-77-71(74)65-62-59-56-53-50-47-44-27-24-21-18-15-12-9-6-3)79-73(76)67-64-61-58-55-52-49-46-43-41-38-33-31-29-26-23-20-17-14-11-8-5-2/h8,11,17-18,20-22,25-27,29-30,32-33,38,43-44,46,52,55,70H,4-7,9-10,12-16,19,23-24,28,31,34-37,39-42,45,47-51,53-54,56-69H2,1-3H3/b11-8-,20-17-,21-18-,25-22-,29-26-,32-30-,38-33-,44-27-,46-43-,55-52-. The van der Waals surface area contributed by atoms with Gasteiger partial charge in [-0.15, -0.1) is 0 Å². The molecular weight excluding hydrogens is 973 g/mol. The molecule has 0 N–H and O–H groups in total. The van der Waals surface area contributed by atoms with Crippen LogP contribution in [0.1, 0.15) is 303 Å². The van der Waals surface area contributed by atoms with Gasteiger partial charge < -0.3 is 14.2 Å². The van der Waals surface area contributed by atoms with Gasteiger partial charge in [0.05, 0.1) is 0 Å². The third-order valence-corrected chi connectivity index (χ3v) is 13.9. The summed E-state index contributed by atoms with van der Waals surface area (Å²) < 4.78 is 16.9. The zero-order chi connectivity index (χ0) is 57.1. The molecule has 450 valence electrons. The molecule has 0 aliphatic carbocycles. The predicted octanol–water partition coefficient (Wildman–Crippen LogP) is 22.8. The van der Waals surface area contributed by atoms with E-state index in [-0.39, 0.29) is 37.5 Å². The molecule has 6 heteroatoms.